The van der Waals surface area contributed by atoms with E-state index in [4.69, 9.17) is 0 Å². The van der Waals surface area contributed by atoms with Crippen LogP contribution in [0.3, 0.4) is 0 Å². The number of nitrogens with one attached hydrogen (secondary N) is 1. The van der Waals surface area contributed by atoms with E-state index in [1.165, 1.54) is 0 Å². The molecule has 1 heterocycles. The smallest absolute Gasteiger partial charge is 0.277 e. The van der Waals surface area contributed by atoms with Gasteiger partial charge in [-0.15, -0.1) is 0 Å². The fourth-order valence-electron chi connectivity index (χ4n) is 2.34. The standard InChI is InChI=1S/C16H10N4O5/c21-16(10-7-11(19(22)23)9-12(8-10)20(24)25)18-15-5-1-4-14-13(15)3-2-6-17-14/h1-9H,(H,18,21). The Morgan fingerprint density at radius 1 is 0.960 bits per heavy atom. The molecule has 25 heavy (non-hydrogen) atoms. The van der Waals surface area contributed by atoms with Gasteiger partial charge in [-0.2, -0.15) is 0 Å². The van der Waals surface area contributed by atoms with Crippen LogP contribution in [0.5, 0.6) is 0 Å². The van der Waals surface area contributed by atoms with Gasteiger partial charge in [-0.1, -0.05) is 6.07 Å². The van der Waals surface area contributed by atoms with E-state index in [-0.39, 0.29) is 5.56 Å². The summed E-state index contributed by atoms with van der Waals surface area (Å²) in [6, 6.07) is 11.4. The lowest BCUT2D eigenvalue weighted by Crippen LogP contribution is -2.13. The molecule has 3 aromatic rings. The van der Waals surface area contributed by atoms with Crippen molar-refractivity contribution in [1.29, 1.82) is 0 Å². The number of rotatable bonds is 4. The molecule has 0 saturated carbocycles. The molecule has 0 saturated heterocycles. The number of amides is 1. The van der Waals surface area contributed by atoms with E-state index in [2.05, 4.69) is 10.3 Å². The predicted molar refractivity (Wildman–Crippen MR) is 89.4 cm³/mol. The number of hydrogen-bond donors (Lipinski definition) is 1. The fraction of sp³-hybridized carbons (Fsp3) is 0. The van der Waals surface area contributed by atoms with Crippen LogP contribution in [0, 0.1) is 20.2 Å². The first-order chi connectivity index (χ1) is 12.0. The van der Waals surface area contributed by atoms with E-state index in [0.29, 0.717) is 16.6 Å². The van der Waals surface area contributed by atoms with E-state index >= 15 is 0 Å². The van der Waals surface area contributed by atoms with Crippen LogP contribution in [0.25, 0.3) is 10.9 Å². The second-order valence-corrected chi connectivity index (χ2v) is 5.08. The molecule has 0 fully saturated rings. The topological polar surface area (TPSA) is 128 Å². The molecule has 1 aromatic heterocycles. The van der Waals surface area contributed by atoms with Crippen molar-refractivity contribution in [2.24, 2.45) is 0 Å². The van der Waals surface area contributed by atoms with Gasteiger partial charge in [0, 0.05) is 23.7 Å². The highest BCUT2D eigenvalue weighted by Crippen LogP contribution is 2.25. The summed E-state index contributed by atoms with van der Waals surface area (Å²) >= 11 is 0. The minimum atomic E-state index is -0.786. The molecule has 0 spiro atoms. The molecule has 0 atom stereocenters. The van der Waals surface area contributed by atoms with Crippen LogP contribution in [0.2, 0.25) is 0 Å². The molecule has 0 bridgehead atoms. The van der Waals surface area contributed by atoms with Gasteiger partial charge in [-0.05, 0) is 24.3 Å². The van der Waals surface area contributed by atoms with E-state index in [1.54, 1.807) is 36.5 Å². The number of carbonyl (C=O) groups is 1. The highest BCUT2D eigenvalue weighted by molar-refractivity contribution is 6.09. The van der Waals surface area contributed by atoms with Gasteiger partial charge in [-0.3, -0.25) is 30.0 Å². The molecule has 0 aliphatic heterocycles. The number of benzene rings is 2. The van der Waals surface area contributed by atoms with Gasteiger partial charge in [-0.25, -0.2) is 0 Å². The molecule has 9 nitrogen and oxygen atoms in total. The predicted octanol–water partition coefficient (Wildman–Crippen LogP) is 3.30. The number of anilines is 1. The maximum atomic E-state index is 12.4. The molecule has 9 heteroatoms. The van der Waals surface area contributed by atoms with Gasteiger partial charge in [0.1, 0.15) is 0 Å². The molecule has 1 amide bonds. The van der Waals surface area contributed by atoms with Crippen molar-refractivity contribution in [3.05, 3.63) is 80.5 Å². The lowest BCUT2D eigenvalue weighted by molar-refractivity contribution is -0.394. The molecule has 2 aromatic carbocycles. The molecule has 0 radical (unpaired) electrons. The molecular weight excluding hydrogens is 328 g/mol. The summed E-state index contributed by atoms with van der Waals surface area (Å²) in [5, 5.41) is 25.1. The number of non-ortho nitro benzene ring substituents is 2. The minimum Gasteiger partial charge on any atom is -0.321 e. The third-order valence-corrected chi connectivity index (χ3v) is 3.48. The Kier molecular flexibility index (Phi) is 4.04. The van der Waals surface area contributed by atoms with Crippen molar-refractivity contribution < 1.29 is 14.6 Å². The number of hydrogen-bond acceptors (Lipinski definition) is 6. The summed E-state index contributed by atoms with van der Waals surface area (Å²) in [4.78, 5) is 36.9. The molecule has 124 valence electrons. The van der Waals surface area contributed by atoms with Crippen molar-refractivity contribution in [3.63, 3.8) is 0 Å². The SMILES string of the molecule is O=C(Nc1cccc2ncccc12)c1cc([N+](=O)[O-])cc([N+](=O)[O-])c1. The number of aromatic nitrogens is 1. The zero-order chi connectivity index (χ0) is 18.0. The lowest BCUT2D eigenvalue weighted by atomic mass is 10.1. The normalized spacial score (nSPS) is 10.4. The van der Waals surface area contributed by atoms with Gasteiger partial charge >= 0.3 is 0 Å². The van der Waals surface area contributed by atoms with Crippen molar-refractivity contribution in [2.45, 2.75) is 0 Å². The maximum absolute atomic E-state index is 12.4. The number of pyridine rings is 1. The summed E-state index contributed by atoms with van der Waals surface area (Å²) in [6.07, 6.45) is 1.61. The van der Waals surface area contributed by atoms with E-state index in [1.807, 2.05) is 0 Å². The van der Waals surface area contributed by atoms with Gasteiger partial charge in [0.2, 0.25) is 0 Å². The summed E-state index contributed by atoms with van der Waals surface area (Å²) < 4.78 is 0. The average molecular weight is 338 g/mol. The zero-order valence-electron chi connectivity index (χ0n) is 12.6. The zero-order valence-corrected chi connectivity index (χ0v) is 12.6. The molecule has 0 aliphatic rings. The van der Waals surface area contributed by atoms with Crippen LogP contribution >= 0.6 is 0 Å². The Morgan fingerprint density at radius 2 is 1.64 bits per heavy atom. The summed E-state index contributed by atoms with van der Waals surface area (Å²) in [7, 11) is 0. The fourth-order valence-corrected chi connectivity index (χ4v) is 2.34. The van der Waals surface area contributed by atoms with Crippen LogP contribution in [0.1, 0.15) is 10.4 Å². The van der Waals surface area contributed by atoms with E-state index < -0.39 is 27.1 Å². The average Bonchev–Trinajstić information content (AvgIpc) is 2.61. The lowest BCUT2D eigenvalue weighted by Gasteiger charge is -2.08. The van der Waals surface area contributed by atoms with Gasteiger partial charge < -0.3 is 5.32 Å². The maximum Gasteiger partial charge on any atom is 0.277 e. The Balaban J connectivity index is 2.00. The molecule has 0 unspecified atom stereocenters. The van der Waals surface area contributed by atoms with Crippen molar-refractivity contribution in [3.8, 4) is 0 Å². The monoisotopic (exact) mass is 338 g/mol. The van der Waals surface area contributed by atoms with Crippen LogP contribution in [-0.2, 0) is 0 Å². The van der Waals surface area contributed by atoms with Gasteiger partial charge in [0.25, 0.3) is 17.3 Å². The minimum absolute atomic E-state index is 0.179. The van der Waals surface area contributed by atoms with Crippen LogP contribution in [0.15, 0.2) is 54.7 Å². The van der Waals surface area contributed by atoms with E-state index in [0.717, 1.165) is 18.2 Å². The third kappa shape index (κ3) is 3.24. The highest BCUT2D eigenvalue weighted by Gasteiger charge is 2.20. The number of nitro benzene ring substituents is 2. The first kappa shape index (κ1) is 16.0. The Labute approximate surface area is 140 Å². The van der Waals surface area contributed by atoms with Crippen molar-refractivity contribution in [1.82, 2.24) is 4.98 Å². The summed E-state index contributed by atoms with van der Waals surface area (Å²) in [5.41, 5.74) is -0.130. The number of nitro groups is 2. The number of carbonyl (C=O) groups excluding carboxylic acids is 1. The molecule has 0 aliphatic carbocycles. The Hall–Kier alpha value is -3.88. The van der Waals surface area contributed by atoms with Crippen LogP contribution < -0.4 is 5.32 Å². The highest BCUT2D eigenvalue weighted by atomic mass is 16.6. The van der Waals surface area contributed by atoms with Gasteiger partial charge in [0.15, 0.2) is 0 Å². The second-order valence-electron chi connectivity index (χ2n) is 5.08. The molecular formula is C16H10N4O5. The van der Waals surface area contributed by atoms with Gasteiger partial charge in [0.05, 0.1) is 32.7 Å². The number of fused-ring (bicyclic) bond motifs is 1. The Morgan fingerprint density at radius 3 is 2.28 bits per heavy atom. The number of nitrogens with zero attached hydrogens (tertiary/aromatic N) is 3. The molecule has 1 N–H and O–H groups in total. The summed E-state index contributed by atoms with van der Waals surface area (Å²) in [6.45, 7) is 0. The van der Waals surface area contributed by atoms with Crippen molar-refractivity contribution >= 4 is 33.9 Å². The third-order valence-electron chi connectivity index (χ3n) is 3.48. The quantitative estimate of drug-likeness (QED) is 0.574. The van der Waals surface area contributed by atoms with E-state index in [9.17, 15) is 25.0 Å². The van der Waals surface area contributed by atoms with Crippen molar-refractivity contribution in [2.75, 3.05) is 5.32 Å². The first-order valence-electron chi connectivity index (χ1n) is 7.04. The Bertz CT molecular complexity index is 981. The molecule has 3 rings (SSSR count). The first-order valence-corrected chi connectivity index (χ1v) is 7.04. The largest absolute Gasteiger partial charge is 0.321 e. The second kappa shape index (κ2) is 6.32. The summed E-state index contributed by atoms with van der Waals surface area (Å²) in [5.74, 6) is -0.692. The van der Waals surface area contributed by atoms with Crippen LogP contribution in [0.4, 0.5) is 17.1 Å². The van der Waals surface area contributed by atoms with Crippen LogP contribution in [-0.4, -0.2) is 20.7 Å².